The van der Waals surface area contributed by atoms with Crippen molar-refractivity contribution < 1.29 is 10.2 Å². The van der Waals surface area contributed by atoms with Gasteiger partial charge in [-0.25, -0.2) is 0 Å². The third-order valence-corrected chi connectivity index (χ3v) is 2.63. The van der Waals surface area contributed by atoms with E-state index < -0.39 is 6.10 Å². The molecule has 2 heteroatoms. The highest BCUT2D eigenvalue weighted by atomic mass is 16.3. The minimum Gasteiger partial charge on any atom is -0.391 e. The zero-order chi connectivity index (χ0) is 11.1. The van der Waals surface area contributed by atoms with Crippen LogP contribution in [0.3, 0.4) is 0 Å². The summed E-state index contributed by atoms with van der Waals surface area (Å²) in [6.07, 6.45) is 7.70. The fraction of sp³-hybridized carbons (Fsp3) is 0.692. The van der Waals surface area contributed by atoms with Crippen molar-refractivity contribution in [2.45, 2.75) is 51.2 Å². The summed E-state index contributed by atoms with van der Waals surface area (Å²) in [7, 11) is 0. The van der Waals surface area contributed by atoms with Crippen LogP contribution < -0.4 is 0 Å². The molecule has 15 heavy (non-hydrogen) atoms. The van der Waals surface area contributed by atoms with Crippen LogP contribution in [-0.2, 0) is 0 Å². The van der Waals surface area contributed by atoms with E-state index in [1.165, 1.54) is 0 Å². The van der Waals surface area contributed by atoms with Gasteiger partial charge >= 0.3 is 0 Å². The molecule has 1 rings (SSSR count). The van der Waals surface area contributed by atoms with Gasteiger partial charge in [-0.1, -0.05) is 43.8 Å². The molecule has 0 aromatic heterocycles. The molecule has 0 aromatic rings. The third-order valence-electron chi connectivity index (χ3n) is 2.63. The van der Waals surface area contributed by atoms with Gasteiger partial charge in [-0.2, -0.15) is 0 Å². The Morgan fingerprint density at radius 3 is 2.87 bits per heavy atom. The monoisotopic (exact) mass is 208 g/mol. The van der Waals surface area contributed by atoms with E-state index in [-0.39, 0.29) is 12.0 Å². The molecular formula is C13H20O2. The lowest BCUT2D eigenvalue weighted by molar-refractivity contribution is 0.164. The molecule has 0 amide bonds. The van der Waals surface area contributed by atoms with Gasteiger partial charge < -0.3 is 10.2 Å². The van der Waals surface area contributed by atoms with Gasteiger partial charge in [-0.15, -0.1) is 0 Å². The summed E-state index contributed by atoms with van der Waals surface area (Å²) in [5.41, 5.74) is 0. The van der Waals surface area contributed by atoms with Crippen LogP contribution in [0.2, 0.25) is 0 Å². The normalized spacial score (nSPS) is 26.1. The largest absolute Gasteiger partial charge is 0.391 e. The van der Waals surface area contributed by atoms with Gasteiger partial charge in [0.1, 0.15) is 6.10 Å². The number of rotatable bonds is 4. The second-order valence-corrected chi connectivity index (χ2v) is 4.06. The van der Waals surface area contributed by atoms with E-state index in [0.717, 1.165) is 25.7 Å². The Morgan fingerprint density at radius 2 is 2.27 bits per heavy atom. The van der Waals surface area contributed by atoms with Gasteiger partial charge in [-0.05, 0) is 19.3 Å². The zero-order valence-electron chi connectivity index (χ0n) is 9.32. The molecule has 1 aliphatic rings. The predicted octanol–water partition coefficient (Wildman–Crippen LogP) is 1.87. The smallest absolute Gasteiger partial charge is 0.114 e. The molecule has 84 valence electrons. The summed E-state index contributed by atoms with van der Waals surface area (Å²) < 4.78 is 0. The molecule has 0 aliphatic heterocycles. The van der Waals surface area contributed by atoms with Crippen molar-refractivity contribution in [3.8, 4) is 11.8 Å². The highest BCUT2D eigenvalue weighted by Gasteiger charge is 2.17. The van der Waals surface area contributed by atoms with Crippen molar-refractivity contribution in [2.75, 3.05) is 0 Å². The second-order valence-electron chi connectivity index (χ2n) is 4.06. The molecule has 2 nitrogen and oxygen atoms in total. The maximum absolute atomic E-state index is 9.54. The van der Waals surface area contributed by atoms with Crippen molar-refractivity contribution in [3.05, 3.63) is 12.2 Å². The van der Waals surface area contributed by atoms with E-state index in [9.17, 15) is 10.2 Å². The molecule has 0 radical (unpaired) electrons. The SMILES string of the molecule is CCCCCC(O)C#C[C@@H]1C=CC[C@H]1O. The summed E-state index contributed by atoms with van der Waals surface area (Å²) in [5, 5.41) is 19.0. The van der Waals surface area contributed by atoms with E-state index in [4.69, 9.17) is 0 Å². The van der Waals surface area contributed by atoms with Crippen LogP contribution in [0.25, 0.3) is 0 Å². The molecule has 3 atom stereocenters. The number of aliphatic hydroxyl groups excluding tert-OH is 2. The maximum Gasteiger partial charge on any atom is 0.114 e. The number of aliphatic hydroxyl groups is 2. The van der Waals surface area contributed by atoms with E-state index in [1.54, 1.807) is 0 Å². The molecule has 1 aliphatic carbocycles. The highest BCUT2D eigenvalue weighted by Crippen LogP contribution is 2.16. The van der Waals surface area contributed by atoms with E-state index in [0.29, 0.717) is 6.42 Å². The van der Waals surface area contributed by atoms with E-state index in [1.807, 2.05) is 12.2 Å². The molecule has 1 unspecified atom stereocenters. The summed E-state index contributed by atoms with van der Waals surface area (Å²) in [5.74, 6) is 5.65. The Morgan fingerprint density at radius 1 is 1.47 bits per heavy atom. The third kappa shape index (κ3) is 4.51. The van der Waals surface area contributed by atoms with Crippen LogP contribution in [0.1, 0.15) is 39.0 Å². The highest BCUT2D eigenvalue weighted by molar-refractivity contribution is 5.19. The Kier molecular flexibility index (Phi) is 5.45. The maximum atomic E-state index is 9.54. The van der Waals surface area contributed by atoms with Crippen LogP contribution in [0.4, 0.5) is 0 Å². The Hall–Kier alpha value is -0.780. The molecule has 0 fully saturated rings. The summed E-state index contributed by atoms with van der Waals surface area (Å²) in [6.45, 7) is 2.14. The van der Waals surface area contributed by atoms with Crippen molar-refractivity contribution in [1.29, 1.82) is 0 Å². The van der Waals surface area contributed by atoms with Crippen molar-refractivity contribution >= 4 is 0 Å². The second kappa shape index (κ2) is 6.66. The molecular weight excluding hydrogens is 188 g/mol. The summed E-state index contributed by atoms with van der Waals surface area (Å²) in [4.78, 5) is 0. The van der Waals surface area contributed by atoms with Gasteiger partial charge in [-0.3, -0.25) is 0 Å². The van der Waals surface area contributed by atoms with E-state index in [2.05, 4.69) is 18.8 Å². The van der Waals surface area contributed by atoms with Crippen molar-refractivity contribution in [1.82, 2.24) is 0 Å². The van der Waals surface area contributed by atoms with Crippen molar-refractivity contribution in [2.24, 2.45) is 5.92 Å². The van der Waals surface area contributed by atoms with E-state index >= 15 is 0 Å². The first-order chi connectivity index (χ1) is 7.24. The van der Waals surface area contributed by atoms with Gasteiger partial charge in [0, 0.05) is 0 Å². The van der Waals surface area contributed by atoms with Gasteiger partial charge in [0.2, 0.25) is 0 Å². The Bertz CT molecular complexity index is 259. The first kappa shape index (κ1) is 12.3. The fourth-order valence-corrected chi connectivity index (χ4v) is 1.64. The summed E-state index contributed by atoms with van der Waals surface area (Å²) in [6, 6.07) is 0. The molecule has 0 saturated heterocycles. The summed E-state index contributed by atoms with van der Waals surface area (Å²) >= 11 is 0. The molecule has 0 spiro atoms. The standard InChI is InChI=1S/C13H20O2/c1-2-3-4-7-12(14)10-9-11-6-5-8-13(11)15/h5-6,11-15H,2-4,7-8H2,1H3/t11-,12?,13+/m0/s1. The lowest BCUT2D eigenvalue weighted by Gasteiger charge is -2.06. The predicted molar refractivity (Wildman–Crippen MR) is 61.2 cm³/mol. The number of hydrogen-bond acceptors (Lipinski definition) is 2. The first-order valence-electron chi connectivity index (χ1n) is 5.78. The minimum atomic E-state index is -0.530. The van der Waals surface area contributed by atoms with Gasteiger partial charge in [0.25, 0.3) is 0 Å². The Labute approximate surface area is 92.0 Å². The lowest BCUT2D eigenvalue weighted by atomic mass is 10.1. The first-order valence-corrected chi connectivity index (χ1v) is 5.78. The quantitative estimate of drug-likeness (QED) is 0.420. The molecule has 0 aromatic carbocycles. The number of unbranched alkanes of at least 4 members (excludes halogenated alkanes) is 2. The van der Waals surface area contributed by atoms with Gasteiger partial charge in [0.05, 0.1) is 12.0 Å². The molecule has 0 heterocycles. The topological polar surface area (TPSA) is 40.5 Å². The Balaban J connectivity index is 2.27. The van der Waals surface area contributed by atoms with Crippen LogP contribution in [0.5, 0.6) is 0 Å². The average molecular weight is 208 g/mol. The lowest BCUT2D eigenvalue weighted by Crippen LogP contribution is -2.12. The minimum absolute atomic E-state index is 0.0779. The zero-order valence-corrected chi connectivity index (χ0v) is 9.32. The van der Waals surface area contributed by atoms with Crippen LogP contribution in [0, 0.1) is 17.8 Å². The fourth-order valence-electron chi connectivity index (χ4n) is 1.64. The molecule has 0 bridgehead atoms. The van der Waals surface area contributed by atoms with Crippen LogP contribution >= 0.6 is 0 Å². The number of hydrogen-bond donors (Lipinski definition) is 2. The molecule has 0 saturated carbocycles. The average Bonchev–Trinajstić information content (AvgIpc) is 2.61. The van der Waals surface area contributed by atoms with Crippen molar-refractivity contribution in [3.63, 3.8) is 0 Å². The van der Waals surface area contributed by atoms with Crippen LogP contribution in [-0.4, -0.2) is 22.4 Å². The molecule has 2 N–H and O–H groups in total. The van der Waals surface area contributed by atoms with Gasteiger partial charge in [0.15, 0.2) is 0 Å². The van der Waals surface area contributed by atoms with Crippen LogP contribution in [0.15, 0.2) is 12.2 Å².